The van der Waals surface area contributed by atoms with Crippen LogP contribution in [0.4, 0.5) is 0 Å². The van der Waals surface area contributed by atoms with Crippen molar-refractivity contribution in [2.24, 2.45) is 5.92 Å². The van der Waals surface area contributed by atoms with E-state index in [1.807, 2.05) is 45.0 Å². The van der Waals surface area contributed by atoms with Gasteiger partial charge in [0.15, 0.2) is 0 Å². The molecule has 110 valence electrons. The van der Waals surface area contributed by atoms with E-state index in [9.17, 15) is 9.59 Å². The quantitative estimate of drug-likeness (QED) is 0.597. The highest BCUT2D eigenvalue weighted by Gasteiger charge is 2.06. The van der Waals surface area contributed by atoms with Crippen LogP contribution in [0.2, 0.25) is 0 Å². The molecule has 0 radical (unpaired) electrons. The first-order valence-electron chi connectivity index (χ1n) is 6.73. The maximum atomic E-state index is 11.6. The number of aryl methyl sites for hydroxylation is 1. The zero-order chi connectivity index (χ0) is 15.0. The summed E-state index contributed by atoms with van der Waals surface area (Å²) in [6, 6.07) is 8.08. The zero-order valence-electron chi connectivity index (χ0n) is 12.2. The van der Waals surface area contributed by atoms with Crippen LogP contribution < -0.4 is 10.6 Å². The van der Waals surface area contributed by atoms with Gasteiger partial charge in [-0.3, -0.25) is 9.59 Å². The lowest BCUT2D eigenvalue weighted by molar-refractivity contribution is -0.124. The second-order valence-corrected chi connectivity index (χ2v) is 5.95. The third-order valence-electron chi connectivity index (χ3n) is 2.66. The lowest BCUT2D eigenvalue weighted by Crippen LogP contribution is -2.36. The first-order valence-corrected chi connectivity index (χ1v) is 7.71. The SMILES string of the molecule is Cc1ccc(SCC(=O)NCCNC(=O)C(C)C)cc1. The molecular formula is C15H22N2O2S. The summed E-state index contributed by atoms with van der Waals surface area (Å²) in [6.07, 6.45) is 0. The molecule has 0 spiro atoms. The van der Waals surface area contributed by atoms with E-state index in [1.165, 1.54) is 17.3 Å². The molecule has 0 aromatic heterocycles. The Bertz CT molecular complexity index is 444. The van der Waals surface area contributed by atoms with Crippen LogP contribution in [0.3, 0.4) is 0 Å². The van der Waals surface area contributed by atoms with Gasteiger partial charge in [-0.25, -0.2) is 0 Å². The van der Waals surface area contributed by atoms with Crippen molar-refractivity contribution in [2.75, 3.05) is 18.8 Å². The molecule has 0 saturated heterocycles. The van der Waals surface area contributed by atoms with Crippen molar-refractivity contribution in [3.8, 4) is 0 Å². The molecule has 0 aliphatic carbocycles. The van der Waals surface area contributed by atoms with Crippen molar-refractivity contribution in [3.05, 3.63) is 29.8 Å². The predicted octanol–water partition coefficient (Wildman–Crippen LogP) is 1.98. The minimum Gasteiger partial charge on any atom is -0.354 e. The van der Waals surface area contributed by atoms with E-state index in [0.29, 0.717) is 18.8 Å². The second kappa shape index (κ2) is 8.64. The van der Waals surface area contributed by atoms with Gasteiger partial charge < -0.3 is 10.6 Å². The molecule has 5 heteroatoms. The Morgan fingerprint density at radius 2 is 1.70 bits per heavy atom. The Labute approximate surface area is 124 Å². The number of carbonyl (C=O) groups is 2. The van der Waals surface area contributed by atoms with Crippen molar-refractivity contribution in [1.29, 1.82) is 0 Å². The lowest BCUT2D eigenvalue weighted by atomic mass is 10.2. The first kappa shape index (κ1) is 16.6. The Morgan fingerprint density at radius 1 is 1.10 bits per heavy atom. The van der Waals surface area contributed by atoms with E-state index in [4.69, 9.17) is 0 Å². The van der Waals surface area contributed by atoms with E-state index >= 15 is 0 Å². The van der Waals surface area contributed by atoms with E-state index in [-0.39, 0.29) is 17.7 Å². The molecule has 1 aromatic carbocycles. The maximum absolute atomic E-state index is 11.6. The maximum Gasteiger partial charge on any atom is 0.230 e. The summed E-state index contributed by atoms with van der Waals surface area (Å²) in [6.45, 7) is 6.65. The molecule has 0 fully saturated rings. The third kappa shape index (κ3) is 6.61. The molecule has 20 heavy (non-hydrogen) atoms. The fraction of sp³-hybridized carbons (Fsp3) is 0.467. The van der Waals surface area contributed by atoms with Gasteiger partial charge >= 0.3 is 0 Å². The third-order valence-corrected chi connectivity index (χ3v) is 3.67. The number of carbonyl (C=O) groups excluding carboxylic acids is 2. The van der Waals surface area contributed by atoms with Crippen LogP contribution in [-0.2, 0) is 9.59 Å². The summed E-state index contributed by atoms with van der Waals surface area (Å²) in [5.41, 5.74) is 1.21. The molecule has 0 heterocycles. The second-order valence-electron chi connectivity index (χ2n) is 4.90. The van der Waals surface area contributed by atoms with Crippen LogP contribution in [0.5, 0.6) is 0 Å². The molecule has 2 amide bonds. The van der Waals surface area contributed by atoms with Gasteiger partial charge in [-0.1, -0.05) is 31.5 Å². The molecule has 0 bridgehead atoms. The summed E-state index contributed by atoms with van der Waals surface area (Å²) in [4.78, 5) is 24.0. The van der Waals surface area contributed by atoms with Gasteiger partial charge in [0.2, 0.25) is 11.8 Å². The van der Waals surface area contributed by atoms with Crippen LogP contribution in [0.15, 0.2) is 29.2 Å². The summed E-state index contributed by atoms with van der Waals surface area (Å²) < 4.78 is 0. The van der Waals surface area contributed by atoms with Crippen LogP contribution in [0.25, 0.3) is 0 Å². The van der Waals surface area contributed by atoms with Gasteiger partial charge in [-0.15, -0.1) is 11.8 Å². The van der Waals surface area contributed by atoms with Crippen molar-refractivity contribution in [3.63, 3.8) is 0 Å². The summed E-state index contributed by atoms with van der Waals surface area (Å²) in [7, 11) is 0. The summed E-state index contributed by atoms with van der Waals surface area (Å²) in [5, 5.41) is 5.54. The highest BCUT2D eigenvalue weighted by atomic mass is 32.2. The number of thioether (sulfide) groups is 1. The molecule has 0 aliphatic heterocycles. The Kier molecular flexibility index (Phi) is 7.15. The van der Waals surface area contributed by atoms with Crippen LogP contribution >= 0.6 is 11.8 Å². The molecule has 2 N–H and O–H groups in total. The number of nitrogens with one attached hydrogen (secondary N) is 2. The molecular weight excluding hydrogens is 272 g/mol. The van der Waals surface area contributed by atoms with Gasteiger partial charge in [0.25, 0.3) is 0 Å². The van der Waals surface area contributed by atoms with Crippen molar-refractivity contribution >= 4 is 23.6 Å². The van der Waals surface area contributed by atoms with Crippen molar-refractivity contribution in [1.82, 2.24) is 10.6 Å². The van der Waals surface area contributed by atoms with E-state index in [2.05, 4.69) is 10.6 Å². The van der Waals surface area contributed by atoms with Gasteiger partial charge in [-0.05, 0) is 19.1 Å². The van der Waals surface area contributed by atoms with Gasteiger partial charge in [0.1, 0.15) is 0 Å². The Balaban J connectivity index is 2.14. The molecule has 0 aliphatic rings. The molecule has 0 unspecified atom stereocenters. The highest BCUT2D eigenvalue weighted by molar-refractivity contribution is 8.00. The summed E-state index contributed by atoms with van der Waals surface area (Å²) in [5.74, 6) is 0.353. The summed E-state index contributed by atoms with van der Waals surface area (Å²) >= 11 is 1.51. The van der Waals surface area contributed by atoms with E-state index < -0.39 is 0 Å². The minimum absolute atomic E-state index is 0.00767. The Morgan fingerprint density at radius 3 is 2.30 bits per heavy atom. The smallest absolute Gasteiger partial charge is 0.230 e. The van der Waals surface area contributed by atoms with Gasteiger partial charge in [0, 0.05) is 23.9 Å². The first-order chi connectivity index (χ1) is 9.49. The zero-order valence-corrected chi connectivity index (χ0v) is 13.0. The number of benzene rings is 1. The Hall–Kier alpha value is -1.49. The van der Waals surface area contributed by atoms with Crippen molar-refractivity contribution < 1.29 is 9.59 Å². The lowest BCUT2D eigenvalue weighted by Gasteiger charge is -2.08. The number of rotatable bonds is 7. The molecule has 4 nitrogen and oxygen atoms in total. The number of amides is 2. The van der Waals surface area contributed by atoms with E-state index in [1.54, 1.807) is 0 Å². The minimum atomic E-state index is -0.0252. The molecule has 1 aromatic rings. The predicted molar refractivity (Wildman–Crippen MR) is 82.8 cm³/mol. The van der Waals surface area contributed by atoms with Crippen LogP contribution in [0.1, 0.15) is 19.4 Å². The van der Waals surface area contributed by atoms with Crippen LogP contribution in [0, 0.1) is 12.8 Å². The van der Waals surface area contributed by atoms with Crippen molar-refractivity contribution in [2.45, 2.75) is 25.7 Å². The van der Waals surface area contributed by atoms with Gasteiger partial charge in [-0.2, -0.15) is 0 Å². The largest absolute Gasteiger partial charge is 0.354 e. The molecule has 0 atom stereocenters. The van der Waals surface area contributed by atoms with Crippen LogP contribution in [-0.4, -0.2) is 30.7 Å². The van der Waals surface area contributed by atoms with Gasteiger partial charge in [0.05, 0.1) is 5.75 Å². The molecule has 0 saturated carbocycles. The standard InChI is InChI=1S/C15H22N2O2S/c1-11(2)15(19)17-9-8-16-14(18)10-20-13-6-4-12(3)5-7-13/h4-7,11H,8-10H2,1-3H3,(H,16,18)(H,17,19). The average Bonchev–Trinajstić information content (AvgIpc) is 2.42. The topological polar surface area (TPSA) is 58.2 Å². The fourth-order valence-electron chi connectivity index (χ4n) is 1.43. The monoisotopic (exact) mass is 294 g/mol. The average molecular weight is 294 g/mol. The number of hydrogen-bond donors (Lipinski definition) is 2. The highest BCUT2D eigenvalue weighted by Crippen LogP contribution is 2.17. The van der Waals surface area contributed by atoms with E-state index in [0.717, 1.165) is 4.90 Å². The normalized spacial score (nSPS) is 10.4. The fourth-order valence-corrected chi connectivity index (χ4v) is 2.15. The molecule has 1 rings (SSSR count). The number of hydrogen-bond acceptors (Lipinski definition) is 3.